The summed E-state index contributed by atoms with van der Waals surface area (Å²) in [5.74, 6) is 2.13. The average Bonchev–Trinajstić information content (AvgIpc) is 3.73. The van der Waals surface area contributed by atoms with Crippen LogP contribution in [0.15, 0.2) is 48.7 Å². The molecular weight excluding hydrogens is 716 g/mol. The van der Waals surface area contributed by atoms with E-state index < -0.39 is 18.2 Å². The predicted octanol–water partition coefficient (Wildman–Crippen LogP) is 5.43. The van der Waals surface area contributed by atoms with Crippen LogP contribution in [0.4, 0.5) is 4.79 Å². The molecule has 3 fully saturated rings. The van der Waals surface area contributed by atoms with Crippen molar-refractivity contribution in [3.05, 3.63) is 65.9 Å². The lowest BCUT2D eigenvalue weighted by molar-refractivity contribution is -0.136. The molecule has 2 unspecified atom stereocenters. The molecule has 6 heterocycles. The number of ether oxygens (including phenoxy) is 4. The summed E-state index contributed by atoms with van der Waals surface area (Å²) in [5.41, 5.74) is 6.76. The van der Waals surface area contributed by atoms with Crippen LogP contribution in [0.3, 0.4) is 0 Å². The number of nitrogens with zero attached hydrogens (tertiary/aromatic N) is 4. The lowest BCUT2D eigenvalue weighted by atomic mass is 9.92. The molecule has 15 heteroatoms. The van der Waals surface area contributed by atoms with Gasteiger partial charge in [0.25, 0.3) is 0 Å². The number of hydrogen-bond donors (Lipinski definition) is 4. The van der Waals surface area contributed by atoms with Crippen molar-refractivity contribution in [3.8, 4) is 28.1 Å². The first-order chi connectivity index (χ1) is 27.1. The van der Waals surface area contributed by atoms with Gasteiger partial charge in [-0.15, -0.1) is 0 Å². The van der Waals surface area contributed by atoms with Crippen molar-refractivity contribution >= 4 is 39.7 Å². The fourth-order valence-electron chi connectivity index (χ4n) is 8.71. The van der Waals surface area contributed by atoms with Gasteiger partial charge in [-0.3, -0.25) is 14.9 Å². The number of epoxide rings is 1. The van der Waals surface area contributed by atoms with Gasteiger partial charge in [-0.2, -0.15) is 0 Å². The quantitative estimate of drug-likeness (QED) is 0.142. The molecule has 4 aliphatic heterocycles. The second-order valence-electron chi connectivity index (χ2n) is 15.3. The van der Waals surface area contributed by atoms with Crippen molar-refractivity contribution in [2.45, 2.75) is 95.8 Å². The Morgan fingerprint density at radius 3 is 2.61 bits per heavy atom. The largest absolute Gasteiger partial charge is 0.488 e. The number of likely N-dealkylation sites (tertiary alicyclic amines) is 2. The fourth-order valence-corrected chi connectivity index (χ4v) is 8.71. The van der Waals surface area contributed by atoms with Gasteiger partial charge in [0.15, 0.2) is 12.5 Å². The van der Waals surface area contributed by atoms with E-state index in [2.05, 4.69) is 68.7 Å². The van der Waals surface area contributed by atoms with Crippen molar-refractivity contribution in [3.63, 3.8) is 0 Å². The maximum absolute atomic E-state index is 13.6. The molecule has 4 aliphatic rings. The highest BCUT2D eigenvalue weighted by atomic mass is 16.8. The van der Waals surface area contributed by atoms with Crippen molar-refractivity contribution < 1.29 is 33.3 Å². The zero-order chi connectivity index (χ0) is 38.8. The zero-order valence-corrected chi connectivity index (χ0v) is 32.0. The number of fused-ring (bicyclic) bond motifs is 6. The third-order valence-corrected chi connectivity index (χ3v) is 11.7. The third-order valence-electron chi connectivity index (χ3n) is 11.7. The molecule has 5 aromatic rings. The molecule has 0 radical (unpaired) electrons. The molecule has 7 atom stereocenters. The van der Waals surface area contributed by atoms with E-state index in [1.54, 1.807) is 18.9 Å². The normalized spacial score (nSPS) is 23.8. The molecule has 0 saturated carbocycles. The monoisotopic (exact) mass is 762 g/mol. The molecule has 15 nitrogen and oxygen atoms in total. The second-order valence-corrected chi connectivity index (χ2v) is 15.3. The summed E-state index contributed by atoms with van der Waals surface area (Å²) in [4.78, 5) is 59.2. The summed E-state index contributed by atoms with van der Waals surface area (Å²) in [7, 11) is 2.87. The second kappa shape index (κ2) is 14.2. The molecule has 9 rings (SSSR count). The van der Waals surface area contributed by atoms with Crippen LogP contribution in [0.2, 0.25) is 0 Å². The fraction of sp³-hybridized carbons (Fsp3) is 0.439. The molecule has 0 aliphatic carbocycles. The average molecular weight is 763 g/mol. The van der Waals surface area contributed by atoms with Gasteiger partial charge in [0, 0.05) is 30.6 Å². The Morgan fingerprint density at radius 2 is 1.80 bits per heavy atom. The van der Waals surface area contributed by atoms with Crippen molar-refractivity contribution in [2.75, 3.05) is 20.8 Å². The number of hydrogen-bond acceptors (Lipinski definition) is 10. The number of alkyl carbamates (subject to hydrolysis) is 1. The molecule has 0 bridgehead atoms. The van der Waals surface area contributed by atoms with Gasteiger partial charge in [0.05, 0.1) is 48.2 Å². The molecule has 2 aromatic heterocycles. The van der Waals surface area contributed by atoms with Gasteiger partial charge in [-0.1, -0.05) is 18.2 Å². The van der Waals surface area contributed by atoms with E-state index >= 15 is 0 Å². The van der Waals surface area contributed by atoms with E-state index in [0.717, 1.165) is 92.8 Å². The first-order valence-electron chi connectivity index (χ1n) is 19.3. The Hall–Kier alpha value is -5.51. The maximum Gasteiger partial charge on any atom is 0.407 e. The summed E-state index contributed by atoms with van der Waals surface area (Å²) in [6, 6.07) is 13.3. The van der Waals surface area contributed by atoms with Gasteiger partial charge in [0.1, 0.15) is 30.0 Å². The van der Waals surface area contributed by atoms with Crippen LogP contribution in [-0.4, -0.2) is 99.1 Å². The van der Waals surface area contributed by atoms with Gasteiger partial charge >= 0.3 is 6.09 Å². The minimum Gasteiger partial charge on any atom is -0.488 e. The number of H-pyrrole nitrogens is 2. The summed E-state index contributed by atoms with van der Waals surface area (Å²) in [6.07, 6.45) is 3.96. The van der Waals surface area contributed by atoms with Crippen LogP contribution in [0, 0.1) is 0 Å². The number of aromatic amines is 2. The third kappa shape index (κ3) is 6.33. The molecule has 3 amide bonds. The van der Waals surface area contributed by atoms with Gasteiger partial charge in [-0.25, -0.2) is 14.8 Å². The smallest absolute Gasteiger partial charge is 0.407 e. The minimum absolute atomic E-state index is 0.0161. The van der Waals surface area contributed by atoms with E-state index in [-0.39, 0.29) is 42.5 Å². The number of nitrogens with one attached hydrogen (secondary N) is 4. The van der Waals surface area contributed by atoms with Crippen LogP contribution in [0.5, 0.6) is 5.75 Å². The van der Waals surface area contributed by atoms with Crippen molar-refractivity contribution in [2.24, 2.45) is 0 Å². The van der Waals surface area contributed by atoms with E-state index in [1.165, 1.54) is 7.11 Å². The maximum atomic E-state index is 13.6. The Labute approximate surface area is 323 Å². The van der Waals surface area contributed by atoms with E-state index in [0.29, 0.717) is 13.2 Å². The summed E-state index contributed by atoms with van der Waals surface area (Å²) in [6.45, 7) is 6.60. The van der Waals surface area contributed by atoms with Crippen LogP contribution in [0.25, 0.3) is 44.2 Å². The number of benzene rings is 3. The van der Waals surface area contributed by atoms with E-state index in [9.17, 15) is 14.4 Å². The topological polar surface area (TPSA) is 179 Å². The number of carbonyl (C=O) groups is 3. The zero-order valence-electron chi connectivity index (χ0n) is 32.0. The highest BCUT2D eigenvalue weighted by Gasteiger charge is 2.44. The van der Waals surface area contributed by atoms with Crippen molar-refractivity contribution in [1.82, 2.24) is 40.4 Å². The molecule has 4 N–H and O–H groups in total. The molecular formula is C41H46N8O7. The van der Waals surface area contributed by atoms with Crippen LogP contribution >= 0.6 is 0 Å². The summed E-state index contributed by atoms with van der Waals surface area (Å²) < 4.78 is 21.7. The first kappa shape index (κ1) is 36.1. The minimum atomic E-state index is -0.720. The Kier molecular flexibility index (Phi) is 9.17. The Balaban J connectivity index is 0.945. The molecule has 292 valence electrons. The van der Waals surface area contributed by atoms with Crippen LogP contribution in [0.1, 0.15) is 75.8 Å². The first-order valence-corrected chi connectivity index (χ1v) is 19.3. The van der Waals surface area contributed by atoms with Gasteiger partial charge < -0.3 is 44.0 Å². The summed E-state index contributed by atoms with van der Waals surface area (Å²) >= 11 is 0. The van der Waals surface area contributed by atoms with Gasteiger partial charge in [0.2, 0.25) is 11.8 Å². The predicted molar refractivity (Wildman–Crippen MR) is 206 cm³/mol. The SMILES string of the molecule is COC(=O)N[C@@H](C)C(=O)N1CCC[C@H]1c1nc2c(ccc3cc4c(cc32)OCc2cc(-c3cnc([C@@H]5CC[C@H](C)N5C(=O)[C@H](C)NC5OC5OC)[nH]3)ccc2-4)[nH]1. The number of amides is 3. The lowest BCUT2D eigenvalue weighted by Crippen LogP contribution is -2.48. The van der Waals surface area contributed by atoms with E-state index in [1.807, 2.05) is 24.1 Å². The van der Waals surface area contributed by atoms with E-state index in [4.69, 9.17) is 24.2 Å². The number of methoxy groups -OCH3 is 2. The highest BCUT2D eigenvalue weighted by Crippen LogP contribution is 2.43. The standard InChI is InChI=1S/C41H46N8O7/c1-20-8-13-32(49(20)39(51)22(3)43-37-40(53-4)56-37)35-42-18-30(46-35)24-9-11-26-25(15-24)19-55-33-17-27-23(16-28(26)33)10-12-29-34(27)47-36(45-29)31-7-6-14-48(31)38(50)21(2)44-41(52)54-5/h9-12,15-18,20-22,31-32,37,40,43H,6-8,13-14,19H2,1-5H3,(H,42,46)(H,44,52)(H,45,47)/t20-,21-,22-,31-,32-,37?,40?/m0/s1. The van der Waals surface area contributed by atoms with Crippen molar-refractivity contribution in [1.29, 1.82) is 0 Å². The van der Waals surface area contributed by atoms with Gasteiger partial charge in [-0.05, 0) is 92.8 Å². The van der Waals surface area contributed by atoms with Crippen LogP contribution in [-0.2, 0) is 30.4 Å². The molecule has 3 saturated heterocycles. The Bertz CT molecular complexity index is 2360. The number of rotatable bonds is 9. The number of imidazole rings is 2. The number of carbonyl (C=O) groups excluding carboxylic acids is 3. The number of aromatic nitrogens is 4. The molecule has 56 heavy (non-hydrogen) atoms. The van der Waals surface area contributed by atoms with Crippen LogP contribution < -0.4 is 15.4 Å². The Morgan fingerprint density at radius 1 is 0.946 bits per heavy atom. The lowest BCUT2D eigenvalue weighted by Gasteiger charge is -2.30. The highest BCUT2D eigenvalue weighted by molar-refractivity contribution is 6.07. The molecule has 0 spiro atoms. The summed E-state index contributed by atoms with van der Waals surface area (Å²) in [5, 5.41) is 7.80. The molecule has 3 aromatic carbocycles.